The van der Waals surface area contributed by atoms with E-state index in [0.717, 1.165) is 5.06 Å². The highest BCUT2D eigenvalue weighted by molar-refractivity contribution is 3.90. The predicted octanol–water partition coefficient (Wildman–Crippen LogP) is 1.21. The molecule has 0 rings (SSSR count). The quantitative estimate of drug-likeness (QED) is 0.455. The van der Waals surface area contributed by atoms with E-state index in [2.05, 4.69) is 0 Å². The summed E-state index contributed by atoms with van der Waals surface area (Å²) in [4.78, 5) is 0. The van der Waals surface area contributed by atoms with Crippen LogP contribution in [0.5, 0.6) is 0 Å². The summed E-state index contributed by atoms with van der Waals surface area (Å²) in [7, 11) is 3.11. The maximum Gasteiger partial charge on any atom is 0.0121 e. The molecule has 0 spiro atoms. The molecule has 42 valence electrons. The third kappa shape index (κ3) is 5220. The highest BCUT2D eigenvalue weighted by Gasteiger charge is 1.59. The van der Waals surface area contributed by atoms with E-state index in [-0.39, 0.29) is 14.9 Å². The van der Waals surface area contributed by atoms with Crippen molar-refractivity contribution >= 4 is 0 Å². The van der Waals surface area contributed by atoms with Gasteiger partial charge in [0.15, 0.2) is 0 Å². The Bertz CT molecular complexity index is 12.3. The highest BCUT2D eigenvalue weighted by atomic mass is 16.5. The van der Waals surface area contributed by atoms with Crippen LogP contribution in [0.15, 0.2) is 0 Å². The molecule has 2 nitrogen and oxygen atoms in total. The number of hydrogen-bond acceptors (Lipinski definition) is 2. The second-order valence-electron chi connectivity index (χ2n) is 0.847. The summed E-state index contributed by atoms with van der Waals surface area (Å²) in [5, 5.41) is 8.89. The SMILES string of the molecule is C.C.CN(C)O. The zero-order valence-electron chi connectivity index (χ0n) is 2.89. The molecule has 6 heavy (non-hydrogen) atoms. The van der Waals surface area contributed by atoms with Crippen LogP contribution in [0.4, 0.5) is 0 Å². The van der Waals surface area contributed by atoms with Crippen molar-refractivity contribution in [2.24, 2.45) is 0 Å². The van der Waals surface area contributed by atoms with Crippen LogP contribution in [0.1, 0.15) is 14.9 Å². The molecule has 0 heterocycles. The first-order valence-electron chi connectivity index (χ1n) is 1.09. The first-order valence-corrected chi connectivity index (χ1v) is 1.09. The van der Waals surface area contributed by atoms with Crippen LogP contribution in [0.25, 0.3) is 0 Å². The van der Waals surface area contributed by atoms with E-state index in [0.29, 0.717) is 0 Å². The fourth-order valence-electron chi connectivity index (χ4n) is 0. The standard InChI is InChI=1S/C2H7NO.2CH4/c1-3(2)4;;/h4H,1-2H3;2*1H4. The van der Waals surface area contributed by atoms with Gasteiger partial charge in [-0.15, -0.1) is 0 Å². The van der Waals surface area contributed by atoms with Gasteiger partial charge < -0.3 is 5.21 Å². The molecule has 2 heteroatoms. The predicted molar refractivity (Wildman–Crippen MR) is 28.9 cm³/mol. The molecule has 0 fully saturated rings. The summed E-state index contributed by atoms with van der Waals surface area (Å²) in [6.07, 6.45) is 0. The Balaban J connectivity index is -0.0000000450. The van der Waals surface area contributed by atoms with Crippen LogP contribution in [-0.2, 0) is 0 Å². The molecule has 1 N–H and O–H groups in total. The lowest BCUT2D eigenvalue weighted by molar-refractivity contribution is -0.0372. The summed E-state index contributed by atoms with van der Waals surface area (Å²) in [6, 6.07) is 0. The Morgan fingerprint density at radius 2 is 1.17 bits per heavy atom. The number of hydroxylamine groups is 2. The van der Waals surface area contributed by atoms with Crippen molar-refractivity contribution < 1.29 is 5.21 Å². The summed E-state index contributed by atoms with van der Waals surface area (Å²) in [5.74, 6) is 0. The summed E-state index contributed by atoms with van der Waals surface area (Å²) in [5.41, 5.74) is 0. The molecule has 0 amide bonds. The van der Waals surface area contributed by atoms with Gasteiger partial charge in [0.2, 0.25) is 0 Å². The molecule has 0 radical (unpaired) electrons. The van der Waals surface area contributed by atoms with E-state index < -0.39 is 0 Å². The maximum atomic E-state index is 7.89. The van der Waals surface area contributed by atoms with Crippen molar-refractivity contribution in [3.05, 3.63) is 0 Å². The zero-order chi connectivity index (χ0) is 3.58. The monoisotopic (exact) mass is 93.1 g/mol. The van der Waals surface area contributed by atoms with Crippen LogP contribution in [0.3, 0.4) is 0 Å². The average Bonchev–Trinajstić information content (AvgIpc) is 0.811. The van der Waals surface area contributed by atoms with Crippen molar-refractivity contribution in [2.45, 2.75) is 14.9 Å². The molecular formula is C4H15NO. The van der Waals surface area contributed by atoms with E-state index in [1.807, 2.05) is 0 Å². The van der Waals surface area contributed by atoms with Gasteiger partial charge in [-0.1, -0.05) is 14.9 Å². The van der Waals surface area contributed by atoms with Crippen molar-refractivity contribution in [3.8, 4) is 0 Å². The Labute approximate surface area is 40.4 Å². The zero-order valence-corrected chi connectivity index (χ0v) is 2.89. The van der Waals surface area contributed by atoms with Crippen molar-refractivity contribution in [1.29, 1.82) is 0 Å². The highest BCUT2D eigenvalue weighted by Crippen LogP contribution is 1.46. The third-order valence-electron chi connectivity index (χ3n) is 0. The van der Waals surface area contributed by atoms with Crippen LogP contribution in [0, 0.1) is 0 Å². The Kier molecular flexibility index (Phi) is 24.8. The first-order chi connectivity index (χ1) is 1.73. The van der Waals surface area contributed by atoms with Gasteiger partial charge in [-0.25, -0.2) is 0 Å². The summed E-state index contributed by atoms with van der Waals surface area (Å²) in [6.45, 7) is 0. The minimum atomic E-state index is 0. The van der Waals surface area contributed by atoms with Gasteiger partial charge >= 0.3 is 0 Å². The van der Waals surface area contributed by atoms with Crippen LogP contribution in [-0.4, -0.2) is 24.4 Å². The molecule has 0 saturated carbocycles. The molecule has 0 unspecified atom stereocenters. The van der Waals surface area contributed by atoms with Gasteiger partial charge in [0.1, 0.15) is 0 Å². The molecule has 0 aliphatic rings. The normalized spacial score (nSPS) is 6.00. The Morgan fingerprint density at radius 3 is 1.17 bits per heavy atom. The Hall–Kier alpha value is -0.0800. The summed E-state index contributed by atoms with van der Waals surface area (Å²) < 4.78 is 0. The van der Waals surface area contributed by atoms with Gasteiger partial charge in [-0.2, -0.15) is 5.06 Å². The van der Waals surface area contributed by atoms with E-state index in [1.54, 1.807) is 14.1 Å². The number of hydrogen-bond donors (Lipinski definition) is 1. The molecule has 0 aromatic rings. The molecule has 0 atom stereocenters. The molecule has 0 bridgehead atoms. The van der Waals surface area contributed by atoms with E-state index >= 15 is 0 Å². The second kappa shape index (κ2) is 8.87. The van der Waals surface area contributed by atoms with Gasteiger partial charge in [0, 0.05) is 14.1 Å². The van der Waals surface area contributed by atoms with E-state index in [4.69, 9.17) is 5.21 Å². The third-order valence-corrected chi connectivity index (χ3v) is 0. The molecule has 0 aromatic carbocycles. The van der Waals surface area contributed by atoms with E-state index in [9.17, 15) is 0 Å². The summed E-state index contributed by atoms with van der Waals surface area (Å²) >= 11 is 0. The smallest absolute Gasteiger partial charge is 0.0121 e. The van der Waals surface area contributed by atoms with Crippen LogP contribution in [0.2, 0.25) is 0 Å². The maximum absolute atomic E-state index is 7.89. The number of rotatable bonds is 0. The van der Waals surface area contributed by atoms with Crippen molar-refractivity contribution in [2.75, 3.05) is 14.1 Å². The first kappa shape index (κ1) is 16.8. The van der Waals surface area contributed by atoms with Gasteiger partial charge in [0.05, 0.1) is 0 Å². The lowest BCUT2D eigenvalue weighted by atomic mass is 11.2. The number of nitrogens with zero attached hydrogens (tertiary/aromatic N) is 1. The van der Waals surface area contributed by atoms with Crippen molar-refractivity contribution in [1.82, 2.24) is 5.06 Å². The van der Waals surface area contributed by atoms with Crippen molar-refractivity contribution in [3.63, 3.8) is 0 Å². The van der Waals surface area contributed by atoms with E-state index in [1.165, 1.54) is 0 Å². The minimum absolute atomic E-state index is 0. The topological polar surface area (TPSA) is 23.5 Å². The Morgan fingerprint density at radius 1 is 1.17 bits per heavy atom. The average molecular weight is 93.2 g/mol. The molecule has 0 aromatic heterocycles. The van der Waals surface area contributed by atoms with Gasteiger partial charge in [-0.3, -0.25) is 0 Å². The molecular weight excluding hydrogens is 78.0 g/mol. The largest absolute Gasteiger partial charge is 0.315 e. The van der Waals surface area contributed by atoms with Crippen LogP contribution < -0.4 is 0 Å². The second-order valence-corrected chi connectivity index (χ2v) is 0.847. The van der Waals surface area contributed by atoms with Gasteiger partial charge in [-0.05, 0) is 0 Å². The minimum Gasteiger partial charge on any atom is -0.315 e. The lowest BCUT2D eigenvalue weighted by Crippen LogP contribution is -2.01. The molecule has 0 saturated heterocycles. The lowest BCUT2D eigenvalue weighted by Gasteiger charge is -1.89. The fourth-order valence-corrected chi connectivity index (χ4v) is 0. The molecule has 0 aliphatic carbocycles. The van der Waals surface area contributed by atoms with Crippen LogP contribution >= 0.6 is 0 Å². The van der Waals surface area contributed by atoms with Gasteiger partial charge in [0.25, 0.3) is 0 Å². The fraction of sp³-hybridized carbons (Fsp3) is 1.00. The molecule has 0 aliphatic heterocycles.